The second-order valence-corrected chi connectivity index (χ2v) is 6.03. The Labute approximate surface area is 115 Å². The Bertz CT molecular complexity index is 344. The van der Waals surface area contributed by atoms with Crippen LogP contribution in [0.4, 0.5) is 0 Å². The van der Waals surface area contributed by atoms with Crippen LogP contribution in [-0.2, 0) is 9.59 Å². The van der Waals surface area contributed by atoms with Gasteiger partial charge in [-0.15, -0.1) is 0 Å². The lowest BCUT2D eigenvalue weighted by molar-refractivity contribution is -0.151. The van der Waals surface area contributed by atoms with Gasteiger partial charge < -0.3 is 10.2 Å². The Balaban J connectivity index is 2.06. The molecule has 1 saturated carbocycles. The van der Waals surface area contributed by atoms with Gasteiger partial charge in [0.2, 0.25) is 11.8 Å². The second-order valence-electron chi connectivity index (χ2n) is 6.03. The van der Waals surface area contributed by atoms with Crippen LogP contribution in [0.3, 0.4) is 0 Å². The zero-order valence-electron chi connectivity index (χ0n) is 12.2. The van der Waals surface area contributed by atoms with Crippen LogP contribution in [0, 0.1) is 5.92 Å². The number of piperazine rings is 1. The predicted octanol–water partition coefficient (Wildman–Crippen LogP) is 2.08. The number of carbonyl (C=O) groups is 2. The van der Waals surface area contributed by atoms with Gasteiger partial charge in [-0.2, -0.15) is 0 Å². The molecule has 0 aromatic rings. The van der Waals surface area contributed by atoms with Crippen LogP contribution in [0.5, 0.6) is 0 Å². The topological polar surface area (TPSA) is 49.4 Å². The van der Waals surface area contributed by atoms with Crippen LogP contribution in [0.1, 0.15) is 58.8 Å². The molecule has 0 atom stereocenters. The molecule has 1 heterocycles. The molecule has 2 amide bonds. The van der Waals surface area contributed by atoms with Crippen LogP contribution in [0.25, 0.3) is 0 Å². The highest BCUT2D eigenvalue weighted by Crippen LogP contribution is 2.27. The lowest BCUT2D eigenvalue weighted by Crippen LogP contribution is -2.66. The molecule has 0 aromatic carbocycles. The smallest absolute Gasteiger partial charge is 0.248 e. The zero-order valence-corrected chi connectivity index (χ0v) is 12.2. The van der Waals surface area contributed by atoms with Crippen LogP contribution in [0.2, 0.25) is 0 Å². The molecule has 1 N–H and O–H groups in total. The molecule has 4 heteroatoms. The number of nitrogens with one attached hydrogen (secondary N) is 1. The molecule has 0 aromatic heterocycles. The molecule has 0 radical (unpaired) electrons. The van der Waals surface area contributed by atoms with Crippen molar-refractivity contribution in [1.82, 2.24) is 10.2 Å². The van der Waals surface area contributed by atoms with Gasteiger partial charge in [0, 0.05) is 6.54 Å². The van der Waals surface area contributed by atoms with E-state index in [0.717, 1.165) is 6.54 Å². The molecule has 2 aliphatic rings. The van der Waals surface area contributed by atoms with Gasteiger partial charge in [0.1, 0.15) is 5.54 Å². The molecular weight excluding hydrogens is 240 g/mol. The Morgan fingerprint density at radius 1 is 1.16 bits per heavy atom. The van der Waals surface area contributed by atoms with Gasteiger partial charge in [0.05, 0.1) is 6.54 Å². The first-order valence-electron chi connectivity index (χ1n) is 7.71. The van der Waals surface area contributed by atoms with Gasteiger partial charge in [0.15, 0.2) is 0 Å². The minimum absolute atomic E-state index is 0.000825. The van der Waals surface area contributed by atoms with Gasteiger partial charge in [-0.3, -0.25) is 9.59 Å². The summed E-state index contributed by atoms with van der Waals surface area (Å²) in [5, 5.41) is 2.92. The standard InChI is InChI=1S/C15H26N2O2/c1-3-15(4-2)14(19)17(11-13(18)16-15)10-12-8-6-5-7-9-12/h12H,3-11H2,1-2H3,(H,16,18). The highest BCUT2D eigenvalue weighted by Gasteiger charge is 2.44. The van der Waals surface area contributed by atoms with Gasteiger partial charge in [-0.05, 0) is 31.6 Å². The molecule has 0 bridgehead atoms. The highest BCUT2D eigenvalue weighted by molar-refractivity contribution is 5.97. The quantitative estimate of drug-likeness (QED) is 0.847. The molecule has 0 spiro atoms. The van der Waals surface area contributed by atoms with E-state index in [0.29, 0.717) is 18.8 Å². The molecule has 2 fully saturated rings. The third-order valence-corrected chi connectivity index (χ3v) is 4.82. The summed E-state index contributed by atoms with van der Waals surface area (Å²) in [6.45, 7) is 4.97. The molecule has 19 heavy (non-hydrogen) atoms. The maximum Gasteiger partial charge on any atom is 0.248 e. The summed E-state index contributed by atoms with van der Waals surface area (Å²) in [5.41, 5.74) is -0.649. The van der Waals surface area contributed by atoms with Crippen molar-refractivity contribution in [3.63, 3.8) is 0 Å². The minimum atomic E-state index is -0.649. The van der Waals surface area contributed by atoms with Crippen molar-refractivity contribution >= 4 is 11.8 Å². The molecule has 2 rings (SSSR count). The molecule has 1 saturated heterocycles. The van der Waals surface area contributed by atoms with E-state index in [1.165, 1.54) is 32.1 Å². The fourth-order valence-corrected chi connectivity index (χ4v) is 3.47. The lowest BCUT2D eigenvalue weighted by atomic mass is 9.86. The zero-order chi connectivity index (χ0) is 13.9. The van der Waals surface area contributed by atoms with E-state index in [9.17, 15) is 9.59 Å². The van der Waals surface area contributed by atoms with Gasteiger partial charge in [0.25, 0.3) is 0 Å². The Morgan fingerprint density at radius 3 is 2.37 bits per heavy atom. The van der Waals surface area contributed by atoms with E-state index in [-0.39, 0.29) is 18.4 Å². The normalized spacial score (nSPS) is 24.4. The summed E-state index contributed by atoms with van der Waals surface area (Å²) in [5.74, 6) is 0.719. The molecule has 108 valence electrons. The monoisotopic (exact) mass is 266 g/mol. The fraction of sp³-hybridized carbons (Fsp3) is 0.867. The van der Waals surface area contributed by atoms with E-state index in [4.69, 9.17) is 0 Å². The van der Waals surface area contributed by atoms with Crippen LogP contribution >= 0.6 is 0 Å². The second kappa shape index (κ2) is 5.93. The highest BCUT2D eigenvalue weighted by atomic mass is 16.2. The van der Waals surface area contributed by atoms with Crippen molar-refractivity contribution in [2.24, 2.45) is 5.92 Å². The Morgan fingerprint density at radius 2 is 1.79 bits per heavy atom. The SMILES string of the molecule is CCC1(CC)NC(=O)CN(CC2CCCCC2)C1=O. The summed E-state index contributed by atoms with van der Waals surface area (Å²) < 4.78 is 0. The van der Waals surface area contributed by atoms with Crippen molar-refractivity contribution < 1.29 is 9.59 Å². The van der Waals surface area contributed by atoms with E-state index >= 15 is 0 Å². The molecule has 0 unspecified atom stereocenters. The average Bonchev–Trinajstić information content (AvgIpc) is 2.44. The maximum absolute atomic E-state index is 12.6. The van der Waals surface area contributed by atoms with E-state index < -0.39 is 5.54 Å². The van der Waals surface area contributed by atoms with Gasteiger partial charge in [-0.25, -0.2) is 0 Å². The van der Waals surface area contributed by atoms with Crippen LogP contribution in [-0.4, -0.2) is 35.3 Å². The summed E-state index contributed by atoms with van der Waals surface area (Å²) >= 11 is 0. The fourth-order valence-electron chi connectivity index (χ4n) is 3.47. The number of carbonyl (C=O) groups excluding carboxylic acids is 2. The third-order valence-electron chi connectivity index (χ3n) is 4.82. The number of nitrogens with zero attached hydrogens (tertiary/aromatic N) is 1. The van der Waals surface area contributed by atoms with Crippen LogP contribution in [0.15, 0.2) is 0 Å². The largest absolute Gasteiger partial charge is 0.340 e. The predicted molar refractivity (Wildman–Crippen MR) is 74.6 cm³/mol. The Kier molecular flexibility index (Phi) is 4.48. The number of rotatable bonds is 4. The Hall–Kier alpha value is -1.06. The van der Waals surface area contributed by atoms with E-state index in [1.807, 2.05) is 18.7 Å². The molecule has 4 nitrogen and oxygen atoms in total. The van der Waals surface area contributed by atoms with Crippen molar-refractivity contribution in [1.29, 1.82) is 0 Å². The van der Waals surface area contributed by atoms with E-state index in [2.05, 4.69) is 5.32 Å². The van der Waals surface area contributed by atoms with Crippen molar-refractivity contribution in [2.45, 2.75) is 64.3 Å². The number of amides is 2. The first-order chi connectivity index (χ1) is 9.11. The van der Waals surface area contributed by atoms with Gasteiger partial charge in [-0.1, -0.05) is 33.1 Å². The summed E-state index contributed by atoms with van der Waals surface area (Å²) in [6.07, 6.45) is 7.62. The van der Waals surface area contributed by atoms with Crippen molar-refractivity contribution in [3.05, 3.63) is 0 Å². The van der Waals surface area contributed by atoms with E-state index in [1.54, 1.807) is 0 Å². The van der Waals surface area contributed by atoms with Crippen LogP contribution < -0.4 is 5.32 Å². The first-order valence-corrected chi connectivity index (χ1v) is 7.71. The molecule has 1 aliphatic heterocycles. The third kappa shape index (κ3) is 2.93. The number of hydrogen-bond donors (Lipinski definition) is 1. The first kappa shape index (κ1) is 14.4. The maximum atomic E-state index is 12.6. The van der Waals surface area contributed by atoms with Gasteiger partial charge >= 0.3 is 0 Å². The van der Waals surface area contributed by atoms with Crippen molar-refractivity contribution in [2.75, 3.05) is 13.1 Å². The van der Waals surface area contributed by atoms with Crippen molar-refractivity contribution in [3.8, 4) is 0 Å². The molecular formula is C15H26N2O2. The lowest BCUT2D eigenvalue weighted by Gasteiger charge is -2.42. The average molecular weight is 266 g/mol. The minimum Gasteiger partial charge on any atom is -0.340 e. The summed E-state index contributed by atoms with van der Waals surface area (Å²) in [4.78, 5) is 26.3. The molecule has 1 aliphatic carbocycles. The summed E-state index contributed by atoms with van der Waals surface area (Å²) in [6, 6.07) is 0. The summed E-state index contributed by atoms with van der Waals surface area (Å²) in [7, 11) is 0. The number of hydrogen-bond acceptors (Lipinski definition) is 2.